The highest BCUT2D eigenvalue weighted by Crippen LogP contribution is 2.33. The van der Waals surface area contributed by atoms with Crippen LogP contribution in [0.15, 0.2) is 36.5 Å². The standard InChI is InChI=1S/C11H6F2N2O3/c12-8-2-1-3-9(15(16)17)11(8)18-7-4-5-14-10(13)6-7/h1-6H. The first kappa shape index (κ1) is 11.9. The highest BCUT2D eigenvalue weighted by Gasteiger charge is 2.20. The second kappa shape index (κ2) is 4.74. The van der Waals surface area contributed by atoms with Gasteiger partial charge in [-0.05, 0) is 12.1 Å². The largest absolute Gasteiger partial charge is 0.447 e. The average molecular weight is 252 g/mol. The number of para-hydroxylation sites is 1. The lowest BCUT2D eigenvalue weighted by Crippen LogP contribution is -1.96. The first-order chi connectivity index (χ1) is 8.58. The van der Waals surface area contributed by atoms with Gasteiger partial charge in [-0.2, -0.15) is 4.39 Å². The molecule has 1 heterocycles. The van der Waals surface area contributed by atoms with E-state index in [-0.39, 0.29) is 5.75 Å². The number of hydrogen-bond donors (Lipinski definition) is 0. The minimum Gasteiger partial charge on any atom is -0.447 e. The molecule has 92 valence electrons. The number of benzene rings is 1. The van der Waals surface area contributed by atoms with Crippen LogP contribution in [0.1, 0.15) is 0 Å². The van der Waals surface area contributed by atoms with Crippen LogP contribution in [0.25, 0.3) is 0 Å². The topological polar surface area (TPSA) is 65.3 Å². The lowest BCUT2D eigenvalue weighted by atomic mass is 10.3. The van der Waals surface area contributed by atoms with E-state index in [9.17, 15) is 18.9 Å². The summed E-state index contributed by atoms with van der Waals surface area (Å²) in [6.07, 6.45) is 1.11. The number of pyridine rings is 1. The molecule has 0 saturated carbocycles. The number of aromatic nitrogens is 1. The van der Waals surface area contributed by atoms with Crippen LogP contribution in [0.3, 0.4) is 0 Å². The highest BCUT2D eigenvalue weighted by molar-refractivity contribution is 5.49. The minimum absolute atomic E-state index is 0.0734. The number of halogens is 2. The molecule has 0 fully saturated rings. The molecule has 0 N–H and O–H groups in total. The van der Waals surface area contributed by atoms with Crippen molar-refractivity contribution in [2.24, 2.45) is 0 Å². The summed E-state index contributed by atoms with van der Waals surface area (Å²) in [6, 6.07) is 5.46. The molecule has 18 heavy (non-hydrogen) atoms. The van der Waals surface area contributed by atoms with Gasteiger partial charge < -0.3 is 4.74 Å². The van der Waals surface area contributed by atoms with E-state index in [1.165, 1.54) is 12.1 Å². The van der Waals surface area contributed by atoms with E-state index in [1.54, 1.807) is 0 Å². The second-order valence-electron chi connectivity index (χ2n) is 3.26. The van der Waals surface area contributed by atoms with Gasteiger partial charge in [-0.25, -0.2) is 9.37 Å². The third-order valence-corrected chi connectivity index (χ3v) is 2.06. The molecule has 0 radical (unpaired) electrons. The van der Waals surface area contributed by atoms with Gasteiger partial charge in [-0.1, -0.05) is 6.07 Å². The Hall–Kier alpha value is -2.57. The molecular weight excluding hydrogens is 246 g/mol. The van der Waals surface area contributed by atoms with E-state index in [1.807, 2.05) is 0 Å². The maximum atomic E-state index is 13.5. The maximum Gasteiger partial charge on any atom is 0.314 e. The Bertz CT molecular complexity index is 605. The van der Waals surface area contributed by atoms with Crippen molar-refractivity contribution in [3.63, 3.8) is 0 Å². The Morgan fingerprint density at radius 2 is 2.06 bits per heavy atom. The van der Waals surface area contributed by atoms with Gasteiger partial charge in [0.15, 0.2) is 5.82 Å². The monoisotopic (exact) mass is 252 g/mol. The Morgan fingerprint density at radius 1 is 1.28 bits per heavy atom. The van der Waals surface area contributed by atoms with Gasteiger partial charge in [-0.15, -0.1) is 0 Å². The van der Waals surface area contributed by atoms with E-state index in [4.69, 9.17) is 4.74 Å². The van der Waals surface area contributed by atoms with Crippen LogP contribution < -0.4 is 4.74 Å². The summed E-state index contributed by atoms with van der Waals surface area (Å²) in [7, 11) is 0. The number of nitrogens with zero attached hydrogens (tertiary/aromatic N) is 2. The SMILES string of the molecule is O=[N+]([O-])c1cccc(F)c1Oc1ccnc(F)c1. The molecule has 0 amide bonds. The molecule has 0 aliphatic carbocycles. The molecule has 7 heteroatoms. The van der Waals surface area contributed by atoms with Gasteiger partial charge in [0.1, 0.15) is 5.75 Å². The molecule has 1 aromatic carbocycles. The Kier molecular flexibility index (Phi) is 3.13. The lowest BCUT2D eigenvalue weighted by molar-refractivity contribution is -0.385. The van der Waals surface area contributed by atoms with E-state index in [0.29, 0.717) is 0 Å². The molecule has 2 aromatic rings. The second-order valence-corrected chi connectivity index (χ2v) is 3.26. The Balaban J connectivity index is 2.42. The van der Waals surface area contributed by atoms with Gasteiger partial charge in [0.05, 0.1) is 4.92 Å². The molecule has 0 spiro atoms. The molecule has 0 bridgehead atoms. The fraction of sp³-hybridized carbons (Fsp3) is 0. The molecule has 0 saturated heterocycles. The summed E-state index contributed by atoms with van der Waals surface area (Å²) in [5.41, 5.74) is -0.535. The van der Waals surface area contributed by atoms with Gasteiger partial charge in [-0.3, -0.25) is 10.1 Å². The quantitative estimate of drug-likeness (QED) is 0.478. The van der Waals surface area contributed by atoms with Crippen LogP contribution in [0.2, 0.25) is 0 Å². The predicted molar refractivity (Wildman–Crippen MR) is 57.3 cm³/mol. The fourth-order valence-electron chi connectivity index (χ4n) is 1.31. The van der Waals surface area contributed by atoms with Crippen molar-refractivity contribution in [3.8, 4) is 11.5 Å². The van der Waals surface area contributed by atoms with Crippen LogP contribution in [-0.4, -0.2) is 9.91 Å². The van der Waals surface area contributed by atoms with Gasteiger partial charge in [0.2, 0.25) is 11.7 Å². The number of nitro benzene ring substituents is 1. The molecule has 2 rings (SSSR count). The minimum atomic E-state index is -0.901. The van der Waals surface area contributed by atoms with Crippen LogP contribution >= 0.6 is 0 Å². The summed E-state index contributed by atoms with van der Waals surface area (Å²) in [5.74, 6) is -2.36. The lowest BCUT2D eigenvalue weighted by Gasteiger charge is -2.06. The van der Waals surface area contributed by atoms with Gasteiger partial charge in [0.25, 0.3) is 0 Å². The normalized spacial score (nSPS) is 10.1. The third-order valence-electron chi connectivity index (χ3n) is 2.06. The predicted octanol–water partition coefficient (Wildman–Crippen LogP) is 3.06. The molecule has 5 nitrogen and oxygen atoms in total. The zero-order valence-corrected chi connectivity index (χ0v) is 8.84. The Labute approximate surface area is 99.8 Å². The van der Waals surface area contributed by atoms with Crippen LogP contribution in [-0.2, 0) is 0 Å². The van der Waals surface area contributed by atoms with Crippen molar-refractivity contribution in [1.82, 2.24) is 4.98 Å². The highest BCUT2D eigenvalue weighted by atomic mass is 19.1. The van der Waals surface area contributed by atoms with Crippen LogP contribution in [0, 0.1) is 21.9 Å². The number of rotatable bonds is 3. The fourth-order valence-corrected chi connectivity index (χ4v) is 1.31. The van der Waals surface area contributed by atoms with E-state index < -0.39 is 28.1 Å². The van der Waals surface area contributed by atoms with E-state index in [0.717, 1.165) is 24.4 Å². The van der Waals surface area contributed by atoms with Crippen LogP contribution in [0.5, 0.6) is 11.5 Å². The van der Waals surface area contributed by atoms with E-state index in [2.05, 4.69) is 4.98 Å². The number of ether oxygens (including phenoxy) is 1. The molecule has 1 aromatic heterocycles. The van der Waals surface area contributed by atoms with Crippen molar-refractivity contribution >= 4 is 5.69 Å². The summed E-state index contributed by atoms with van der Waals surface area (Å²) in [6.45, 7) is 0. The molecule has 0 aliphatic heterocycles. The van der Waals surface area contributed by atoms with Crippen molar-refractivity contribution in [1.29, 1.82) is 0 Å². The van der Waals surface area contributed by atoms with Crippen molar-refractivity contribution in [2.75, 3.05) is 0 Å². The van der Waals surface area contributed by atoms with Crippen molar-refractivity contribution in [2.45, 2.75) is 0 Å². The van der Waals surface area contributed by atoms with Crippen molar-refractivity contribution in [3.05, 3.63) is 58.4 Å². The summed E-state index contributed by atoms with van der Waals surface area (Å²) in [4.78, 5) is 13.2. The zero-order chi connectivity index (χ0) is 13.1. The summed E-state index contributed by atoms with van der Waals surface area (Å²) in [5, 5.41) is 10.7. The molecule has 0 unspecified atom stereocenters. The first-order valence-corrected chi connectivity index (χ1v) is 4.80. The molecule has 0 atom stereocenters. The van der Waals surface area contributed by atoms with Crippen LogP contribution in [0.4, 0.5) is 14.5 Å². The van der Waals surface area contributed by atoms with E-state index >= 15 is 0 Å². The zero-order valence-electron chi connectivity index (χ0n) is 8.84. The summed E-state index contributed by atoms with van der Waals surface area (Å²) >= 11 is 0. The Morgan fingerprint density at radius 3 is 2.72 bits per heavy atom. The van der Waals surface area contributed by atoms with Crippen molar-refractivity contribution < 1.29 is 18.4 Å². The average Bonchev–Trinajstić information content (AvgIpc) is 2.31. The van der Waals surface area contributed by atoms with Gasteiger partial charge >= 0.3 is 5.69 Å². The third kappa shape index (κ3) is 2.40. The smallest absolute Gasteiger partial charge is 0.314 e. The first-order valence-electron chi connectivity index (χ1n) is 4.80. The maximum absolute atomic E-state index is 13.5. The number of hydrogen-bond acceptors (Lipinski definition) is 4. The molecule has 0 aliphatic rings. The molecular formula is C11H6F2N2O3. The van der Waals surface area contributed by atoms with Gasteiger partial charge in [0, 0.05) is 18.3 Å². The number of nitro groups is 1. The summed E-state index contributed by atoms with van der Waals surface area (Å²) < 4.78 is 31.3.